The second kappa shape index (κ2) is 6.54. The number of para-hydroxylation sites is 1. The van der Waals surface area contributed by atoms with Crippen molar-refractivity contribution in [3.8, 4) is 0 Å². The smallest absolute Gasteiger partial charge is 0.227 e. The maximum absolute atomic E-state index is 12.7. The molecule has 2 heterocycles. The Balaban J connectivity index is 1.35. The van der Waals surface area contributed by atoms with Gasteiger partial charge in [0, 0.05) is 49.2 Å². The molecule has 1 aromatic carbocycles. The molecule has 1 aliphatic carbocycles. The summed E-state index contributed by atoms with van der Waals surface area (Å²) in [6.07, 6.45) is 6.30. The summed E-state index contributed by atoms with van der Waals surface area (Å²) in [6, 6.07) is 8.43. The van der Waals surface area contributed by atoms with Crippen molar-refractivity contribution in [3.05, 3.63) is 36.0 Å². The van der Waals surface area contributed by atoms with Crippen LogP contribution in [0.2, 0.25) is 0 Å². The summed E-state index contributed by atoms with van der Waals surface area (Å²) >= 11 is 0. The summed E-state index contributed by atoms with van der Waals surface area (Å²) in [7, 11) is 2.02. The summed E-state index contributed by atoms with van der Waals surface area (Å²) in [5.74, 6) is 0.648. The fraction of sp³-hybridized carbons (Fsp3) is 0.500. The molecule has 0 atom stereocenters. The van der Waals surface area contributed by atoms with Crippen LogP contribution in [-0.4, -0.2) is 40.4 Å². The van der Waals surface area contributed by atoms with Crippen molar-refractivity contribution in [2.45, 2.75) is 38.1 Å². The minimum absolute atomic E-state index is 0.184. The molecule has 2 amide bonds. The van der Waals surface area contributed by atoms with Crippen LogP contribution < -0.4 is 5.32 Å². The van der Waals surface area contributed by atoms with E-state index in [2.05, 4.69) is 28.2 Å². The van der Waals surface area contributed by atoms with E-state index < -0.39 is 0 Å². The van der Waals surface area contributed by atoms with Crippen LogP contribution in [0.15, 0.2) is 30.5 Å². The summed E-state index contributed by atoms with van der Waals surface area (Å²) < 4.78 is 2.08. The second-order valence-corrected chi connectivity index (χ2v) is 7.40. The van der Waals surface area contributed by atoms with Gasteiger partial charge in [-0.05, 0) is 37.3 Å². The maximum Gasteiger partial charge on any atom is 0.227 e. The first-order chi connectivity index (χ1) is 12.1. The van der Waals surface area contributed by atoms with Gasteiger partial charge in [-0.1, -0.05) is 18.2 Å². The Morgan fingerprint density at radius 1 is 1.12 bits per heavy atom. The summed E-state index contributed by atoms with van der Waals surface area (Å²) in [4.78, 5) is 26.5. The SMILES string of the molecule is Cn1cc(CC(=O)N2CCC(NC(=O)C3CC3)CC2)c2ccccc21. The molecule has 5 heteroatoms. The fourth-order valence-corrected chi connectivity index (χ4v) is 3.78. The van der Waals surface area contributed by atoms with Crippen LogP contribution in [-0.2, 0) is 23.1 Å². The number of amides is 2. The average Bonchev–Trinajstić information content (AvgIpc) is 3.42. The van der Waals surface area contributed by atoms with E-state index in [0.717, 1.165) is 55.2 Å². The van der Waals surface area contributed by atoms with Gasteiger partial charge < -0.3 is 14.8 Å². The predicted octanol–water partition coefficient (Wildman–Crippen LogP) is 2.24. The molecule has 5 nitrogen and oxygen atoms in total. The fourth-order valence-electron chi connectivity index (χ4n) is 3.78. The van der Waals surface area contributed by atoms with Crippen molar-refractivity contribution in [1.82, 2.24) is 14.8 Å². The summed E-state index contributed by atoms with van der Waals surface area (Å²) in [6.45, 7) is 1.47. The number of fused-ring (bicyclic) bond motifs is 1. The lowest BCUT2D eigenvalue weighted by Gasteiger charge is -2.32. The van der Waals surface area contributed by atoms with E-state index in [1.54, 1.807) is 0 Å². The van der Waals surface area contributed by atoms with E-state index in [-0.39, 0.29) is 23.8 Å². The first-order valence-corrected chi connectivity index (χ1v) is 9.23. The van der Waals surface area contributed by atoms with Crippen molar-refractivity contribution in [3.63, 3.8) is 0 Å². The Kier molecular flexibility index (Phi) is 4.24. The van der Waals surface area contributed by atoms with E-state index in [1.807, 2.05) is 24.1 Å². The highest BCUT2D eigenvalue weighted by atomic mass is 16.2. The highest BCUT2D eigenvalue weighted by molar-refractivity contribution is 5.89. The zero-order chi connectivity index (χ0) is 17.4. The quantitative estimate of drug-likeness (QED) is 0.929. The largest absolute Gasteiger partial charge is 0.353 e. The number of carbonyl (C=O) groups excluding carboxylic acids is 2. The van der Waals surface area contributed by atoms with Crippen molar-refractivity contribution < 1.29 is 9.59 Å². The Labute approximate surface area is 148 Å². The Hall–Kier alpha value is -2.30. The zero-order valence-corrected chi connectivity index (χ0v) is 14.7. The number of nitrogens with one attached hydrogen (secondary N) is 1. The first-order valence-electron chi connectivity index (χ1n) is 9.23. The van der Waals surface area contributed by atoms with Gasteiger partial charge in [0.1, 0.15) is 0 Å². The zero-order valence-electron chi connectivity index (χ0n) is 14.7. The van der Waals surface area contributed by atoms with E-state index in [0.29, 0.717) is 6.42 Å². The molecule has 0 radical (unpaired) electrons. The van der Waals surface area contributed by atoms with E-state index >= 15 is 0 Å². The van der Waals surface area contributed by atoms with E-state index in [4.69, 9.17) is 0 Å². The van der Waals surface area contributed by atoms with Gasteiger partial charge in [-0.15, -0.1) is 0 Å². The van der Waals surface area contributed by atoms with Crippen molar-refractivity contribution in [2.24, 2.45) is 13.0 Å². The number of carbonyl (C=O) groups is 2. The first kappa shape index (κ1) is 16.2. The highest BCUT2D eigenvalue weighted by Gasteiger charge is 2.32. The summed E-state index contributed by atoms with van der Waals surface area (Å²) in [5.41, 5.74) is 2.25. The Morgan fingerprint density at radius 2 is 1.84 bits per heavy atom. The number of aromatic nitrogens is 1. The lowest BCUT2D eigenvalue weighted by molar-refractivity contribution is -0.131. The molecule has 1 aliphatic heterocycles. The van der Waals surface area contributed by atoms with Gasteiger partial charge in [0.2, 0.25) is 11.8 Å². The van der Waals surface area contributed by atoms with Crippen LogP contribution in [0.1, 0.15) is 31.2 Å². The topological polar surface area (TPSA) is 54.3 Å². The van der Waals surface area contributed by atoms with Crippen LogP contribution >= 0.6 is 0 Å². The lowest BCUT2D eigenvalue weighted by Crippen LogP contribution is -2.47. The van der Waals surface area contributed by atoms with Crippen LogP contribution in [0.5, 0.6) is 0 Å². The Morgan fingerprint density at radius 3 is 2.56 bits per heavy atom. The van der Waals surface area contributed by atoms with Gasteiger partial charge in [0.25, 0.3) is 0 Å². The molecule has 1 aromatic heterocycles. The van der Waals surface area contributed by atoms with Gasteiger partial charge in [-0.2, -0.15) is 0 Å². The van der Waals surface area contributed by atoms with Crippen LogP contribution in [0.3, 0.4) is 0 Å². The van der Waals surface area contributed by atoms with Crippen LogP contribution in [0, 0.1) is 5.92 Å². The molecule has 132 valence electrons. The molecule has 1 saturated heterocycles. The molecule has 2 fully saturated rings. The van der Waals surface area contributed by atoms with Gasteiger partial charge in [-0.3, -0.25) is 9.59 Å². The van der Waals surface area contributed by atoms with Crippen molar-refractivity contribution in [1.29, 1.82) is 0 Å². The van der Waals surface area contributed by atoms with Gasteiger partial charge in [-0.25, -0.2) is 0 Å². The van der Waals surface area contributed by atoms with Gasteiger partial charge >= 0.3 is 0 Å². The van der Waals surface area contributed by atoms with E-state index in [9.17, 15) is 9.59 Å². The number of aryl methyl sites for hydroxylation is 1. The number of hydrogen-bond acceptors (Lipinski definition) is 2. The number of rotatable bonds is 4. The third-order valence-electron chi connectivity index (χ3n) is 5.46. The third kappa shape index (κ3) is 3.41. The minimum atomic E-state index is 0.184. The molecule has 25 heavy (non-hydrogen) atoms. The number of piperidine rings is 1. The monoisotopic (exact) mass is 339 g/mol. The second-order valence-electron chi connectivity index (χ2n) is 7.40. The molecular weight excluding hydrogens is 314 g/mol. The number of hydrogen-bond donors (Lipinski definition) is 1. The Bertz CT molecular complexity index is 798. The van der Waals surface area contributed by atoms with Crippen LogP contribution in [0.4, 0.5) is 0 Å². The third-order valence-corrected chi connectivity index (χ3v) is 5.46. The van der Waals surface area contributed by atoms with Crippen molar-refractivity contribution in [2.75, 3.05) is 13.1 Å². The summed E-state index contributed by atoms with van der Waals surface area (Å²) in [5, 5.41) is 4.29. The molecule has 2 aliphatic rings. The van der Waals surface area contributed by atoms with Gasteiger partial charge in [0.05, 0.1) is 6.42 Å². The lowest BCUT2D eigenvalue weighted by atomic mass is 10.0. The molecule has 2 aromatic rings. The van der Waals surface area contributed by atoms with Crippen molar-refractivity contribution >= 4 is 22.7 Å². The number of nitrogens with zero attached hydrogens (tertiary/aromatic N) is 2. The highest BCUT2D eigenvalue weighted by Crippen LogP contribution is 2.29. The normalized spacial score (nSPS) is 18.5. The minimum Gasteiger partial charge on any atom is -0.353 e. The van der Waals surface area contributed by atoms with Crippen LogP contribution in [0.25, 0.3) is 10.9 Å². The van der Waals surface area contributed by atoms with Gasteiger partial charge in [0.15, 0.2) is 0 Å². The molecule has 0 unspecified atom stereocenters. The number of likely N-dealkylation sites (tertiary alicyclic amines) is 1. The standard InChI is InChI=1S/C20H25N3O2/c1-22-13-15(17-4-2-3-5-18(17)22)12-19(24)23-10-8-16(9-11-23)21-20(25)14-6-7-14/h2-5,13-14,16H,6-12H2,1H3,(H,21,25). The number of benzene rings is 1. The molecular formula is C20H25N3O2. The molecule has 1 N–H and O–H groups in total. The molecule has 4 rings (SSSR count). The molecule has 1 saturated carbocycles. The maximum atomic E-state index is 12.7. The van der Waals surface area contributed by atoms with E-state index in [1.165, 1.54) is 0 Å². The molecule has 0 spiro atoms. The molecule has 0 bridgehead atoms. The predicted molar refractivity (Wildman–Crippen MR) is 97.1 cm³/mol. The average molecular weight is 339 g/mol.